The van der Waals surface area contributed by atoms with E-state index in [9.17, 15) is 0 Å². The average Bonchev–Trinajstić information content (AvgIpc) is 2.37. The van der Waals surface area contributed by atoms with Crippen molar-refractivity contribution in [2.45, 2.75) is 54.4 Å². The summed E-state index contributed by atoms with van der Waals surface area (Å²) in [6.07, 6.45) is 2.38. The lowest BCUT2D eigenvalue weighted by Gasteiger charge is -2.26. The van der Waals surface area contributed by atoms with Crippen LogP contribution in [-0.4, -0.2) is 29.6 Å². The summed E-state index contributed by atoms with van der Waals surface area (Å²) in [5, 5.41) is 3.22. The molecule has 0 amide bonds. The first-order chi connectivity index (χ1) is 9.92. The maximum Gasteiger partial charge on any atom is 0.224 e. The summed E-state index contributed by atoms with van der Waals surface area (Å²) in [5.41, 5.74) is 1.02. The van der Waals surface area contributed by atoms with E-state index >= 15 is 0 Å². The molecule has 0 aliphatic heterocycles. The zero-order valence-corrected chi connectivity index (χ0v) is 14.6. The molecule has 1 heterocycles. The zero-order chi connectivity index (χ0) is 15.8. The molecular weight excluding hydrogens is 260 g/mol. The molecule has 21 heavy (non-hydrogen) atoms. The van der Waals surface area contributed by atoms with Crippen molar-refractivity contribution in [2.75, 3.05) is 29.9 Å². The SMILES string of the molecule is CCNc1nc(C)cc(N(CCC(C)C)CCC(C)C)n1. The maximum atomic E-state index is 4.68. The third-order valence-corrected chi connectivity index (χ3v) is 3.45. The van der Waals surface area contributed by atoms with Gasteiger partial charge in [-0.2, -0.15) is 4.98 Å². The fourth-order valence-electron chi connectivity index (χ4n) is 2.12. The maximum absolute atomic E-state index is 4.68. The summed E-state index contributed by atoms with van der Waals surface area (Å²) in [5.74, 6) is 3.22. The van der Waals surface area contributed by atoms with Gasteiger partial charge in [-0.05, 0) is 38.5 Å². The summed E-state index contributed by atoms with van der Waals surface area (Å²) in [6.45, 7) is 16.2. The minimum atomic E-state index is 0.711. The van der Waals surface area contributed by atoms with Gasteiger partial charge in [0, 0.05) is 31.4 Å². The quantitative estimate of drug-likeness (QED) is 0.743. The summed E-state index contributed by atoms with van der Waals surface area (Å²) in [4.78, 5) is 11.5. The van der Waals surface area contributed by atoms with E-state index in [1.807, 2.05) is 6.92 Å². The molecule has 1 rings (SSSR count). The molecule has 0 aliphatic rings. The Hall–Kier alpha value is -1.32. The van der Waals surface area contributed by atoms with E-state index in [0.717, 1.165) is 37.1 Å². The third kappa shape index (κ3) is 6.78. The van der Waals surface area contributed by atoms with Crippen LogP contribution in [-0.2, 0) is 0 Å². The van der Waals surface area contributed by atoms with Crippen molar-refractivity contribution < 1.29 is 0 Å². The van der Waals surface area contributed by atoms with Crippen molar-refractivity contribution in [1.29, 1.82) is 0 Å². The Morgan fingerprint density at radius 3 is 2.10 bits per heavy atom. The Kier molecular flexibility index (Phi) is 7.48. The molecule has 1 N–H and O–H groups in total. The number of rotatable bonds is 9. The van der Waals surface area contributed by atoms with Crippen LogP contribution in [0.25, 0.3) is 0 Å². The molecule has 0 bridgehead atoms. The van der Waals surface area contributed by atoms with E-state index < -0.39 is 0 Å². The molecule has 0 atom stereocenters. The summed E-state index contributed by atoms with van der Waals surface area (Å²) >= 11 is 0. The van der Waals surface area contributed by atoms with Gasteiger partial charge in [0.15, 0.2) is 0 Å². The standard InChI is InChI=1S/C17H32N4/c1-7-18-17-19-15(6)12-16(20-17)21(10-8-13(2)3)11-9-14(4)5/h12-14H,7-11H2,1-6H3,(H,18,19,20). The number of nitrogens with zero attached hydrogens (tertiary/aromatic N) is 3. The molecule has 120 valence electrons. The summed E-state index contributed by atoms with van der Waals surface area (Å²) in [7, 11) is 0. The highest BCUT2D eigenvalue weighted by Gasteiger charge is 2.12. The lowest BCUT2D eigenvalue weighted by molar-refractivity contribution is 0.533. The Morgan fingerprint density at radius 1 is 1.05 bits per heavy atom. The Bertz CT molecular complexity index is 403. The smallest absolute Gasteiger partial charge is 0.224 e. The number of anilines is 2. The zero-order valence-electron chi connectivity index (χ0n) is 14.6. The number of hydrogen-bond acceptors (Lipinski definition) is 4. The number of aryl methyl sites for hydroxylation is 1. The molecular formula is C17H32N4. The molecule has 0 aliphatic carbocycles. The Morgan fingerprint density at radius 2 is 1.62 bits per heavy atom. The average molecular weight is 292 g/mol. The van der Waals surface area contributed by atoms with Crippen molar-refractivity contribution in [3.8, 4) is 0 Å². The lowest BCUT2D eigenvalue weighted by atomic mass is 10.1. The monoisotopic (exact) mass is 292 g/mol. The van der Waals surface area contributed by atoms with Gasteiger partial charge in [-0.15, -0.1) is 0 Å². The third-order valence-electron chi connectivity index (χ3n) is 3.45. The van der Waals surface area contributed by atoms with Gasteiger partial charge in [0.1, 0.15) is 5.82 Å². The van der Waals surface area contributed by atoms with Gasteiger partial charge >= 0.3 is 0 Å². The Balaban J connectivity index is 2.88. The molecule has 0 fully saturated rings. The van der Waals surface area contributed by atoms with Crippen molar-refractivity contribution in [2.24, 2.45) is 11.8 Å². The molecule has 0 saturated heterocycles. The number of aromatic nitrogens is 2. The fraction of sp³-hybridized carbons (Fsp3) is 0.765. The molecule has 0 radical (unpaired) electrons. The second-order valence-corrected chi connectivity index (χ2v) is 6.57. The molecule has 0 aromatic carbocycles. The lowest BCUT2D eigenvalue weighted by Crippen LogP contribution is -2.29. The van der Waals surface area contributed by atoms with Crippen LogP contribution in [0.4, 0.5) is 11.8 Å². The van der Waals surface area contributed by atoms with Crippen LogP contribution in [0, 0.1) is 18.8 Å². The first-order valence-electron chi connectivity index (χ1n) is 8.26. The van der Waals surface area contributed by atoms with Gasteiger partial charge in [0.25, 0.3) is 0 Å². The van der Waals surface area contributed by atoms with Crippen molar-refractivity contribution in [3.63, 3.8) is 0 Å². The predicted octanol–water partition coefficient (Wildman–Crippen LogP) is 4.12. The van der Waals surface area contributed by atoms with Crippen LogP contribution in [0.5, 0.6) is 0 Å². The first-order valence-corrected chi connectivity index (χ1v) is 8.26. The van der Waals surface area contributed by atoms with Gasteiger partial charge in [0.05, 0.1) is 0 Å². The van der Waals surface area contributed by atoms with Crippen molar-refractivity contribution >= 4 is 11.8 Å². The van der Waals surface area contributed by atoms with E-state index in [0.29, 0.717) is 11.8 Å². The second kappa shape index (κ2) is 8.85. The van der Waals surface area contributed by atoms with Crippen molar-refractivity contribution in [3.05, 3.63) is 11.8 Å². The molecule has 0 spiro atoms. The van der Waals surface area contributed by atoms with E-state index in [2.05, 4.69) is 60.9 Å². The molecule has 4 nitrogen and oxygen atoms in total. The second-order valence-electron chi connectivity index (χ2n) is 6.57. The first kappa shape index (κ1) is 17.7. The van der Waals surface area contributed by atoms with E-state index in [1.54, 1.807) is 0 Å². The predicted molar refractivity (Wildman–Crippen MR) is 92.1 cm³/mol. The highest BCUT2D eigenvalue weighted by Crippen LogP contribution is 2.18. The number of hydrogen-bond donors (Lipinski definition) is 1. The molecule has 1 aromatic heterocycles. The fourth-order valence-corrected chi connectivity index (χ4v) is 2.12. The van der Waals surface area contributed by atoms with Crippen LogP contribution in [0.1, 0.15) is 53.2 Å². The van der Waals surface area contributed by atoms with E-state index in [4.69, 9.17) is 0 Å². The summed E-state index contributed by atoms with van der Waals surface area (Å²) in [6, 6.07) is 2.10. The van der Waals surface area contributed by atoms with E-state index in [1.165, 1.54) is 12.8 Å². The highest BCUT2D eigenvalue weighted by molar-refractivity contribution is 5.44. The van der Waals surface area contributed by atoms with Crippen LogP contribution >= 0.6 is 0 Å². The van der Waals surface area contributed by atoms with Crippen LogP contribution < -0.4 is 10.2 Å². The summed E-state index contributed by atoms with van der Waals surface area (Å²) < 4.78 is 0. The molecule has 4 heteroatoms. The van der Waals surface area contributed by atoms with Gasteiger partial charge in [0.2, 0.25) is 5.95 Å². The molecule has 1 aromatic rings. The largest absolute Gasteiger partial charge is 0.356 e. The van der Waals surface area contributed by atoms with Gasteiger partial charge in [-0.3, -0.25) is 0 Å². The van der Waals surface area contributed by atoms with Crippen LogP contribution in [0.2, 0.25) is 0 Å². The van der Waals surface area contributed by atoms with Crippen LogP contribution in [0.15, 0.2) is 6.07 Å². The normalized spacial score (nSPS) is 11.2. The minimum absolute atomic E-state index is 0.711. The van der Waals surface area contributed by atoms with Crippen molar-refractivity contribution in [1.82, 2.24) is 9.97 Å². The van der Waals surface area contributed by atoms with Crippen LogP contribution in [0.3, 0.4) is 0 Å². The highest BCUT2D eigenvalue weighted by atomic mass is 15.2. The van der Waals surface area contributed by atoms with E-state index in [-0.39, 0.29) is 0 Å². The topological polar surface area (TPSA) is 41.1 Å². The molecule has 0 saturated carbocycles. The minimum Gasteiger partial charge on any atom is -0.356 e. The van der Waals surface area contributed by atoms with Gasteiger partial charge < -0.3 is 10.2 Å². The number of nitrogens with one attached hydrogen (secondary N) is 1. The molecule has 0 unspecified atom stereocenters. The van der Waals surface area contributed by atoms with Gasteiger partial charge in [-0.1, -0.05) is 27.7 Å². The Labute approximate surface area is 130 Å². The van der Waals surface area contributed by atoms with Gasteiger partial charge in [-0.25, -0.2) is 4.98 Å².